The standard InChI is InChI=1S/C19H24N2O3/c1-5-10-21-13(2)11-16(14(21)3)18(22)12-24-19(23)15-8-6-7-9-17(15)20-4/h6-9,11,20H,5,10,12H2,1-4H3. The number of carbonyl (C=O) groups excluding carboxylic acids is 2. The van der Waals surface area contributed by atoms with Gasteiger partial charge in [0.05, 0.1) is 5.56 Å². The molecule has 0 aliphatic carbocycles. The fourth-order valence-electron chi connectivity index (χ4n) is 2.82. The average molecular weight is 328 g/mol. The molecule has 0 saturated heterocycles. The minimum atomic E-state index is -0.504. The van der Waals surface area contributed by atoms with E-state index in [4.69, 9.17) is 4.74 Å². The molecule has 0 aliphatic heterocycles. The molecular formula is C19H24N2O3. The number of para-hydroxylation sites is 1. The Morgan fingerprint density at radius 2 is 1.88 bits per heavy atom. The van der Waals surface area contributed by atoms with Crippen molar-refractivity contribution in [1.29, 1.82) is 0 Å². The fraction of sp³-hybridized carbons (Fsp3) is 0.368. The maximum absolute atomic E-state index is 12.4. The Morgan fingerprint density at radius 1 is 1.17 bits per heavy atom. The van der Waals surface area contributed by atoms with E-state index in [1.165, 1.54) is 0 Å². The van der Waals surface area contributed by atoms with Gasteiger partial charge in [-0.1, -0.05) is 19.1 Å². The summed E-state index contributed by atoms with van der Waals surface area (Å²) in [7, 11) is 1.74. The van der Waals surface area contributed by atoms with Crippen molar-refractivity contribution in [2.75, 3.05) is 19.0 Å². The van der Waals surface area contributed by atoms with Crippen molar-refractivity contribution >= 4 is 17.4 Å². The zero-order valence-electron chi connectivity index (χ0n) is 14.7. The maximum atomic E-state index is 12.4. The zero-order chi connectivity index (χ0) is 17.7. The molecule has 0 bridgehead atoms. The van der Waals surface area contributed by atoms with E-state index in [0.717, 1.165) is 24.4 Å². The predicted octanol–water partition coefficient (Wildman–Crippen LogP) is 3.60. The monoisotopic (exact) mass is 328 g/mol. The van der Waals surface area contributed by atoms with Crippen molar-refractivity contribution in [3.63, 3.8) is 0 Å². The topological polar surface area (TPSA) is 60.3 Å². The Morgan fingerprint density at radius 3 is 2.54 bits per heavy atom. The molecule has 1 aromatic heterocycles. The van der Waals surface area contributed by atoms with Gasteiger partial charge in [-0.15, -0.1) is 0 Å². The number of nitrogens with zero attached hydrogens (tertiary/aromatic N) is 1. The molecular weight excluding hydrogens is 304 g/mol. The Hall–Kier alpha value is -2.56. The number of hydrogen-bond acceptors (Lipinski definition) is 4. The summed E-state index contributed by atoms with van der Waals surface area (Å²) in [6.45, 7) is 6.62. The first-order valence-electron chi connectivity index (χ1n) is 8.13. The van der Waals surface area contributed by atoms with E-state index >= 15 is 0 Å². The van der Waals surface area contributed by atoms with Crippen molar-refractivity contribution in [2.45, 2.75) is 33.7 Å². The van der Waals surface area contributed by atoms with E-state index in [0.29, 0.717) is 16.8 Å². The van der Waals surface area contributed by atoms with Crippen LogP contribution in [0.1, 0.15) is 45.4 Å². The van der Waals surface area contributed by atoms with Gasteiger partial charge >= 0.3 is 5.97 Å². The van der Waals surface area contributed by atoms with Gasteiger partial charge in [0, 0.05) is 36.2 Å². The number of aromatic nitrogens is 1. The van der Waals surface area contributed by atoms with E-state index < -0.39 is 5.97 Å². The summed E-state index contributed by atoms with van der Waals surface area (Å²) in [5, 5.41) is 2.94. The minimum Gasteiger partial charge on any atom is -0.454 e. The fourth-order valence-corrected chi connectivity index (χ4v) is 2.82. The van der Waals surface area contributed by atoms with Gasteiger partial charge in [0.25, 0.3) is 0 Å². The van der Waals surface area contributed by atoms with Crippen LogP contribution in [0.3, 0.4) is 0 Å². The molecule has 0 radical (unpaired) electrons. The van der Waals surface area contributed by atoms with E-state index in [1.54, 1.807) is 25.2 Å². The molecule has 1 N–H and O–H groups in total. The largest absolute Gasteiger partial charge is 0.454 e. The third-order valence-electron chi connectivity index (χ3n) is 4.07. The lowest BCUT2D eigenvalue weighted by molar-refractivity contribution is 0.0475. The molecule has 0 spiro atoms. The molecule has 2 rings (SSSR count). The second-order valence-corrected chi connectivity index (χ2v) is 5.73. The van der Waals surface area contributed by atoms with Crippen molar-refractivity contribution in [2.24, 2.45) is 0 Å². The first kappa shape index (κ1) is 17.8. The molecule has 5 heteroatoms. The average Bonchev–Trinajstić information content (AvgIpc) is 2.88. The molecule has 0 saturated carbocycles. The first-order chi connectivity index (χ1) is 11.5. The summed E-state index contributed by atoms with van der Waals surface area (Å²) in [6.07, 6.45) is 1.000. The molecule has 0 unspecified atom stereocenters. The molecule has 0 aliphatic rings. The summed E-state index contributed by atoms with van der Waals surface area (Å²) in [4.78, 5) is 24.6. The Balaban J connectivity index is 2.08. The summed E-state index contributed by atoms with van der Waals surface area (Å²) in [5.74, 6) is -0.684. The SMILES string of the molecule is CCCn1c(C)cc(C(=O)COC(=O)c2ccccc2NC)c1C. The first-order valence-corrected chi connectivity index (χ1v) is 8.13. The number of Topliss-reactive ketones (excluding diaryl/α,β-unsaturated/α-hetero) is 1. The molecule has 1 aromatic carbocycles. The Bertz CT molecular complexity index is 747. The van der Waals surface area contributed by atoms with E-state index in [1.807, 2.05) is 26.0 Å². The lowest BCUT2D eigenvalue weighted by Crippen LogP contribution is -2.16. The van der Waals surface area contributed by atoms with Gasteiger partial charge in [-0.05, 0) is 38.5 Å². The number of anilines is 1. The van der Waals surface area contributed by atoms with Gasteiger partial charge in [0.15, 0.2) is 6.61 Å². The highest BCUT2D eigenvalue weighted by atomic mass is 16.5. The highest BCUT2D eigenvalue weighted by molar-refractivity contribution is 6.01. The van der Waals surface area contributed by atoms with Gasteiger partial charge in [-0.3, -0.25) is 4.79 Å². The van der Waals surface area contributed by atoms with Crippen LogP contribution in [-0.2, 0) is 11.3 Å². The van der Waals surface area contributed by atoms with Crippen LogP contribution in [0.15, 0.2) is 30.3 Å². The van der Waals surface area contributed by atoms with Crippen molar-refractivity contribution in [3.8, 4) is 0 Å². The van der Waals surface area contributed by atoms with Crippen LogP contribution >= 0.6 is 0 Å². The van der Waals surface area contributed by atoms with Crippen LogP contribution in [0.4, 0.5) is 5.69 Å². The Kier molecular flexibility index (Phi) is 5.79. The third kappa shape index (κ3) is 3.67. The summed E-state index contributed by atoms with van der Waals surface area (Å²) in [6, 6.07) is 8.92. The van der Waals surface area contributed by atoms with E-state index in [9.17, 15) is 9.59 Å². The quantitative estimate of drug-likeness (QED) is 0.623. The summed E-state index contributed by atoms with van der Waals surface area (Å²) in [5.41, 5.74) is 3.69. The molecule has 2 aromatic rings. The van der Waals surface area contributed by atoms with E-state index in [2.05, 4.69) is 16.8 Å². The van der Waals surface area contributed by atoms with Gasteiger partial charge in [0.2, 0.25) is 5.78 Å². The third-order valence-corrected chi connectivity index (χ3v) is 4.07. The number of carbonyl (C=O) groups is 2. The van der Waals surface area contributed by atoms with Gasteiger partial charge < -0.3 is 14.6 Å². The van der Waals surface area contributed by atoms with Gasteiger partial charge in [0.1, 0.15) is 0 Å². The molecule has 128 valence electrons. The number of benzene rings is 1. The smallest absolute Gasteiger partial charge is 0.340 e. The Labute approximate surface area is 142 Å². The van der Waals surface area contributed by atoms with Crippen molar-refractivity contribution < 1.29 is 14.3 Å². The molecule has 5 nitrogen and oxygen atoms in total. The normalized spacial score (nSPS) is 10.5. The highest BCUT2D eigenvalue weighted by Crippen LogP contribution is 2.18. The van der Waals surface area contributed by atoms with Crippen LogP contribution in [0.5, 0.6) is 0 Å². The van der Waals surface area contributed by atoms with Crippen molar-refractivity contribution in [1.82, 2.24) is 4.57 Å². The van der Waals surface area contributed by atoms with Gasteiger partial charge in [-0.25, -0.2) is 4.79 Å². The van der Waals surface area contributed by atoms with Crippen LogP contribution in [0.2, 0.25) is 0 Å². The second kappa shape index (κ2) is 7.81. The summed E-state index contributed by atoms with van der Waals surface area (Å²) < 4.78 is 7.33. The van der Waals surface area contributed by atoms with Gasteiger partial charge in [-0.2, -0.15) is 0 Å². The maximum Gasteiger partial charge on any atom is 0.340 e. The van der Waals surface area contributed by atoms with Crippen LogP contribution in [-0.4, -0.2) is 30.0 Å². The highest BCUT2D eigenvalue weighted by Gasteiger charge is 2.18. The number of nitrogens with one attached hydrogen (secondary N) is 1. The molecule has 0 fully saturated rings. The second-order valence-electron chi connectivity index (χ2n) is 5.73. The minimum absolute atomic E-state index is 0.180. The van der Waals surface area contributed by atoms with Crippen LogP contribution in [0, 0.1) is 13.8 Å². The number of esters is 1. The number of hydrogen-bond donors (Lipinski definition) is 1. The summed E-state index contributed by atoms with van der Waals surface area (Å²) >= 11 is 0. The van der Waals surface area contributed by atoms with E-state index in [-0.39, 0.29) is 12.4 Å². The molecule has 24 heavy (non-hydrogen) atoms. The number of ketones is 1. The molecule has 1 heterocycles. The number of rotatable bonds is 7. The molecule has 0 amide bonds. The lowest BCUT2D eigenvalue weighted by atomic mass is 10.1. The zero-order valence-corrected chi connectivity index (χ0v) is 14.7. The lowest BCUT2D eigenvalue weighted by Gasteiger charge is -2.09. The number of aryl methyl sites for hydroxylation is 1. The number of ether oxygens (including phenoxy) is 1. The molecule has 0 atom stereocenters. The van der Waals surface area contributed by atoms with Crippen LogP contribution < -0.4 is 5.32 Å². The predicted molar refractivity (Wildman–Crippen MR) is 94.8 cm³/mol. The van der Waals surface area contributed by atoms with Crippen molar-refractivity contribution in [3.05, 3.63) is 52.8 Å². The van der Waals surface area contributed by atoms with Crippen LogP contribution in [0.25, 0.3) is 0 Å².